The molecule has 0 saturated carbocycles. The Morgan fingerprint density at radius 3 is 2.28 bits per heavy atom. The van der Waals surface area contributed by atoms with Gasteiger partial charge in [-0.2, -0.15) is 0 Å². The van der Waals surface area contributed by atoms with Crippen molar-refractivity contribution in [3.05, 3.63) is 66.8 Å². The zero-order chi connectivity index (χ0) is 13.3. The van der Waals surface area contributed by atoms with E-state index in [0.29, 0.717) is 0 Å². The first-order chi connectivity index (χ1) is 8.47. The lowest BCUT2D eigenvalue weighted by molar-refractivity contribution is 0.625. The minimum Gasteiger partial charge on any atom is -0.207 e. The van der Waals surface area contributed by atoms with Crippen LogP contribution in [0.3, 0.4) is 0 Å². The van der Waals surface area contributed by atoms with Crippen LogP contribution < -0.4 is 0 Å². The van der Waals surface area contributed by atoms with Crippen LogP contribution in [0.25, 0.3) is 0 Å². The molecular weight excluding hydrogens is 495 g/mol. The third-order valence-electron chi connectivity index (χ3n) is 2.41. The summed E-state index contributed by atoms with van der Waals surface area (Å²) in [6.45, 7) is 0. The number of hydrogen-bond acceptors (Lipinski definition) is 0. The molecule has 0 bridgehead atoms. The van der Waals surface area contributed by atoms with Crippen LogP contribution in [-0.4, -0.2) is 0 Å². The van der Waals surface area contributed by atoms with E-state index in [4.69, 9.17) is 0 Å². The van der Waals surface area contributed by atoms with Crippen LogP contribution in [0.4, 0.5) is 4.39 Å². The molecule has 18 heavy (non-hydrogen) atoms. The molecule has 0 aliphatic heterocycles. The van der Waals surface area contributed by atoms with Gasteiger partial charge in [0.05, 0.1) is 4.83 Å². The third kappa shape index (κ3) is 3.44. The molecule has 94 valence electrons. The van der Waals surface area contributed by atoms with E-state index < -0.39 is 0 Å². The molecule has 1 unspecified atom stereocenters. The molecule has 1 atom stereocenters. The highest BCUT2D eigenvalue weighted by atomic mass is 79.9. The van der Waals surface area contributed by atoms with E-state index in [2.05, 4.69) is 63.7 Å². The predicted molar refractivity (Wildman–Crippen MR) is 86.7 cm³/mol. The number of halogens is 5. The van der Waals surface area contributed by atoms with Gasteiger partial charge >= 0.3 is 0 Å². The first-order valence-corrected chi connectivity index (χ1v) is 8.32. The highest BCUT2D eigenvalue weighted by molar-refractivity contribution is 9.11. The predicted octanol–water partition coefficient (Wildman–Crippen LogP) is 6.60. The highest BCUT2D eigenvalue weighted by Gasteiger charge is 2.15. The van der Waals surface area contributed by atoms with Crippen molar-refractivity contribution in [2.75, 3.05) is 0 Å². The number of alkyl halides is 1. The van der Waals surface area contributed by atoms with Crippen LogP contribution in [0.2, 0.25) is 0 Å². The molecule has 0 spiro atoms. The smallest absolute Gasteiger partial charge is 0.124 e. The fourth-order valence-corrected chi connectivity index (χ4v) is 3.90. The first kappa shape index (κ1) is 14.7. The Kier molecular flexibility index (Phi) is 5.03. The zero-order valence-corrected chi connectivity index (χ0v) is 15.3. The van der Waals surface area contributed by atoms with Crippen molar-refractivity contribution < 1.29 is 4.39 Å². The van der Waals surface area contributed by atoms with Gasteiger partial charge in [-0.05, 0) is 47.5 Å². The normalized spacial score (nSPS) is 12.5. The van der Waals surface area contributed by atoms with Crippen LogP contribution in [0.1, 0.15) is 16.0 Å². The Labute approximate surface area is 138 Å². The van der Waals surface area contributed by atoms with Crippen LogP contribution in [0, 0.1) is 5.82 Å². The summed E-state index contributed by atoms with van der Waals surface area (Å²) >= 11 is 13.9. The third-order valence-corrected chi connectivity index (χ3v) is 5.10. The molecule has 0 N–H and O–H groups in total. The maximum atomic E-state index is 13.4. The van der Waals surface area contributed by atoms with Gasteiger partial charge in [-0.15, -0.1) is 0 Å². The van der Waals surface area contributed by atoms with E-state index in [9.17, 15) is 4.39 Å². The molecule has 0 saturated heterocycles. The topological polar surface area (TPSA) is 0 Å². The number of hydrogen-bond donors (Lipinski definition) is 0. The molecule has 0 heterocycles. The minimum atomic E-state index is -0.255. The molecule has 0 aromatic heterocycles. The van der Waals surface area contributed by atoms with Gasteiger partial charge in [0.25, 0.3) is 0 Å². The molecule has 2 aromatic carbocycles. The Morgan fingerprint density at radius 2 is 1.61 bits per heavy atom. The zero-order valence-electron chi connectivity index (χ0n) is 8.93. The molecular formula is C13H7Br4F. The second-order valence-electron chi connectivity index (χ2n) is 3.73. The molecule has 0 aliphatic rings. The summed E-state index contributed by atoms with van der Waals surface area (Å²) in [6, 6.07) is 10.8. The first-order valence-electron chi connectivity index (χ1n) is 5.02. The minimum absolute atomic E-state index is 0.0728. The van der Waals surface area contributed by atoms with Crippen molar-refractivity contribution >= 4 is 63.7 Å². The van der Waals surface area contributed by atoms with Gasteiger partial charge < -0.3 is 0 Å². The number of rotatable bonds is 2. The Morgan fingerprint density at radius 1 is 0.889 bits per heavy atom. The molecule has 5 heteroatoms. The second-order valence-corrected chi connectivity index (χ2v) is 7.33. The van der Waals surface area contributed by atoms with Crippen molar-refractivity contribution in [3.63, 3.8) is 0 Å². The average Bonchev–Trinajstić information content (AvgIpc) is 2.30. The van der Waals surface area contributed by atoms with Gasteiger partial charge in [-0.25, -0.2) is 4.39 Å². The summed E-state index contributed by atoms with van der Waals surface area (Å²) in [5.74, 6) is -0.255. The lowest BCUT2D eigenvalue weighted by atomic mass is 10.0. The Bertz CT molecular complexity index is 563. The molecule has 0 fully saturated rings. The second kappa shape index (κ2) is 6.16. The van der Waals surface area contributed by atoms with Gasteiger partial charge in [-0.1, -0.05) is 63.7 Å². The van der Waals surface area contributed by atoms with Crippen molar-refractivity contribution in [1.82, 2.24) is 0 Å². The van der Waals surface area contributed by atoms with Crippen LogP contribution in [-0.2, 0) is 0 Å². The van der Waals surface area contributed by atoms with Crippen molar-refractivity contribution in [2.45, 2.75) is 4.83 Å². The molecule has 2 rings (SSSR count). The maximum Gasteiger partial charge on any atom is 0.124 e. The molecule has 0 aliphatic carbocycles. The highest BCUT2D eigenvalue weighted by Crippen LogP contribution is 2.37. The quantitative estimate of drug-likeness (QED) is 0.407. The molecule has 2 aromatic rings. The van der Waals surface area contributed by atoms with Crippen LogP contribution >= 0.6 is 63.7 Å². The van der Waals surface area contributed by atoms with E-state index in [1.165, 1.54) is 12.1 Å². The van der Waals surface area contributed by atoms with Crippen molar-refractivity contribution in [1.29, 1.82) is 0 Å². The van der Waals surface area contributed by atoms with E-state index in [-0.39, 0.29) is 10.6 Å². The van der Waals surface area contributed by atoms with Crippen LogP contribution in [0.5, 0.6) is 0 Å². The monoisotopic (exact) mass is 498 g/mol. The lowest BCUT2D eigenvalue weighted by Gasteiger charge is -2.14. The lowest BCUT2D eigenvalue weighted by Crippen LogP contribution is -1.95. The van der Waals surface area contributed by atoms with E-state index >= 15 is 0 Å². The van der Waals surface area contributed by atoms with Gasteiger partial charge in [0, 0.05) is 13.4 Å². The summed E-state index contributed by atoms with van der Waals surface area (Å²) in [4.78, 5) is -0.0728. The largest absolute Gasteiger partial charge is 0.207 e. The fraction of sp³-hybridized carbons (Fsp3) is 0.0769. The van der Waals surface area contributed by atoms with Gasteiger partial charge in [0.15, 0.2) is 0 Å². The summed E-state index contributed by atoms with van der Waals surface area (Å²) < 4.78 is 16.1. The fourth-order valence-electron chi connectivity index (χ4n) is 1.61. The van der Waals surface area contributed by atoms with Gasteiger partial charge in [0.2, 0.25) is 0 Å². The van der Waals surface area contributed by atoms with Gasteiger partial charge in [0.1, 0.15) is 5.82 Å². The van der Waals surface area contributed by atoms with E-state index in [0.717, 1.165) is 24.5 Å². The number of benzene rings is 2. The summed E-state index contributed by atoms with van der Waals surface area (Å²) in [5, 5.41) is 0. The summed E-state index contributed by atoms with van der Waals surface area (Å²) in [6.07, 6.45) is 0. The summed E-state index contributed by atoms with van der Waals surface area (Å²) in [7, 11) is 0. The SMILES string of the molecule is Fc1cc(Br)cc(C(Br)c2cc(Br)ccc2Br)c1. The molecule has 0 nitrogen and oxygen atoms in total. The Hall–Kier alpha value is 0.290. The maximum absolute atomic E-state index is 13.4. The van der Waals surface area contributed by atoms with Crippen molar-refractivity contribution in [2.24, 2.45) is 0 Å². The van der Waals surface area contributed by atoms with Crippen LogP contribution in [0.15, 0.2) is 49.8 Å². The van der Waals surface area contributed by atoms with E-state index in [1.807, 2.05) is 24.3 Å². The van der Waals surface area contributed by atoms with Crippen molar-refractivity contribution in [3.8, 4) is 0 Å². The molecule has 0 amide bonds. The van der Waals surface area contributed by atoms with Gasteiger partial charge in [-0.3, -0.25) is 0 Å². The Balaban J connectivity index is 2.47. The molecule has 0 radical (unpaired) electrons. The average molecular weight is 502 g/mol. The summed E-state index contributed by atoms with van der Waals surface area (Å²) in [5.41, 5.74) is 1.91. The van der Waals surface area contributed by atoms with E-state index in [1.54, 1.807) is 0 Å². The standard InChI is InChI=1S/C13H7Br4F/c14-8-1-2-12(16)11(6-8)13(17)7-3-9(15)5-10(18)4-7/h1-6,13H.